The van der Waals surface area contributed by atoms with Crippen molar-refractivity contribution in [2.45, 2.75) is 25.7 Å². The van der Waals surface area contributed by atoms with Gasteiger partial charge in [-0.1, -0.05) is 12.1 Å². The lowest BCUT2D eigenvalue weighted by molar-refractivity contribution is -0.139. The third-order valence-electron chi connectivity index (χ3n) is 2.25. The topological polar surface area (TPSA) is 31.4 Å². The highest BCUT2D eigenvalue weighted by atomic mass is 16.7. The number of ether oxygens (including phenoxy) is 2. The molecule has 1 aliphatic rings. The van der Waals surface area contributed by atoms with Crippen LogP contribution in [0.3, 0.4) is 0 Å². The highest BCUT2D eigenvalue weighted by Crippen LogP contribution is 2.31. The summed E-state index contributed by atoms with van der Waals surface area (Å²) in [6.45, 7) is 4.43. The molecule has 2 heterocycles. The van der Waals surface area contributed by atoms with Gasteiger partial charge in [0.25, 0.3) is 0 Å². The molecule has 0 saturated carbocycles. The van der Waals surface area contributed by atoms with E-state index in [4.69, 9.17) is 9.47 Å². The van der Waals surface area contributed by atoms with Crippen molar-refractivity contribution in [1.29, 1.82) is 0 Å². The average molecular weight is 191 g/mol. The van der Waals surface area contributed by atoms with E-state index in [2.05, 4.69) is 4.98 Å². The molecule has 74 valence electrons. The first-order chi connectivity index (χ1) is 6.57. The molecule has 0 aliphatic carbocycles. The van der Waals surface area contributed by atoms with Crippen molar-refractivity contribution in [3.8, 4) is 0 Å². The van der Waals surface area contributed by atoms with Crippen molar-refractivity contribution in [3.63, 3.8) is 0 Å². The van der Waals surface area contributed by atoms with E-state index in [0.717, 1.165) is 11.3 Å². The summed E-state index contributed by atoms with van der Waals surface area (Å²) in [5, 5.41) is 0. The van der Waals surface area contributed by atoms with Gasteiger partial charge in [0.05, 0.1) is 12.3 Å². The summed E-state index contributed by atoms with van der Waals surface area (Å²) in [5.41, 5.74) is 1.96. The molecule has 1 atom stereocenters. The fraction of sp³-hybridized carbons (Fsp3) is 0.500. The standard InChI is InChI=1S/C10H14BNO2/c1-10(2)13-6-8(14-10)7-4-3-5-9(11)12-7/h3-5,8H,6,11H2,1-2H3. The molecule has 0 amide bonds. The van der Waals surface area contributed by atoms with Gasteiger partial charge in [-0.05, 0) is 25.5 Å². The molecule has 0 bridgehead atoms. The van der Waals surface area contributed by atoms with Gasteiger partial charge in [0.2, 0.25) is 0 Å². The van der Waals surface area contributed by atoms with Crippen LogP contribution in [0.4, 0.5) is 0 Å². The molecule has 0 aromatic carbocycles. The van der Waals surface area contributed by atoms with Crippen LogP contribution in [0.2, 0.25) is 0 Å². The molecular formula is C10H14BNO2. The predicted molar refractivity (Wildman–Crippen MR) is 56.3 cm³/mol. The monoisotopic (exact) mass is 191 g/mol. The van der Waals surface area contributed by atoms with Crippen molar-refractivity contribution in [2.24, 2.45) is 0 Å². The van der Waals surface area contributed by atoms with Gasteiger partial charge in [-0.15, -0.1) is 0 Å². The average Bonchev–Trinajstić information content (AvgIpc) is 2.46. The zero-order valence-corrected chi connectivity index (χ0v) is 8.78. The lowest BCUT2D eigenvalue weighted by Gasteiger charge is -2.16. The van der Waals surface area contributed by atoms with E-state index in [9.17, 15) is 0 Å². The summed E-state index contributed by atoms with van der Waals surface area (Å²) in [7, 11) is 1.98. The first-order valence-electron chi connectivity index (χ1n) is 4.82. The fourth-order valence-corrected chi connectivity index (χ4v) is 1.58. The number of hydrogen-bond acceptors (Lipinski definition) is 3. The van der Waals surface area contributed by atoms with Gasteiger partial charge in [0, 0.05) is 0 Å². The molecule has 1 aromatic rings. The molecule has 1 fully saturated rings. The molecule has 14 heavy (non-hydrogen) atoms. The summed E-state index contributed by atoms with van der Waals surface area (Å²) < 4.78 is 11.2. The van der Waals surface area contributed by atoms with E-state index < -0.39 is 5.79 Å². The van der Waals surface area contributed by atoms with E-state index in [1.54, 1.807) is 0 Å². The van der Waals surface area contributed by atoms with Crippen LogP contribution in [-0.4, -0.2) is 25.2 Å². The lowest BCUT2D eigenvalue weighted by atomic mass is 10.0. The highest BCUT2D eigenvalue weighted by molar-refractivity contribution is 6.30. The van der Waals surface area contributed by atoms with Crippen LogP contribution in [0, 0.1) is 0 Å². The maximum absolute atomic E-state index is 5.71. The Kier molecular flexibility index (Phi) is 2.33. The van der Waals surface area contributed by atoms with Crippen LogP contribution >= 0.6 is 0 Å². The Hall–Kier alpha value is -0.865. The Labute approximate surface area is 84.8 Å². The minimum Gasteiger partial charge on any atom is -0.347 e. The molecule has 0 spiro atoms. The van der Waals surface area contributed by atoms with Crippen molar-refractivity contribution in [2.75, 3.05) is 6.61 Å². The Balaban J connectivity index is 2.17. The second-order valence-electron chi connectivity index (χ2n) is 4.02. The van der Waals surface area contributed by atoms with Gasteiger partial charge in [0.1, 0.15) is 6.10 Å². The zero-order valence-electron chi connectivity index (χ0n) is 8.78. The van der Waals surface area contributed by atoms with E-state index in [1.165, 1.54) is 0 Å². The summed E-state index contributed by atoms with van der Waals surface area (Å²) in [6.07, 6.45) is -0.0232. The maximum Gasteiger partial charge on any atom is 0.163 e. The Morgan fingerprint density at radius 2 is 2.29 bits per heavy atom. The Morgan fingerprint density at radius 1 is 1.50 bits per heavy atom. The first kappa shape index (κ1) is 9.68. The van der Waals surface area contributed by atoms with Gasteiger partial charge in [-0.3, -0.25) is 4.98 Å². The predicted octanol–water partition coefficient (Wildman–Crippen LogP) is 0.164. The first-order valence-corrected chi connectivity index (χ1v) is 4.82. The van der Waals surface area contributed by atoms with Crippen LogP contribution in [0.15, 0.2) is 18.2 Å². The largest absolute Gasteiger partial charge is 0.347 e. The molecular weight excluding hydrogens is 177 g/mol. The smallest absolute Gasteiger partial charge is 0.163 e. The second-order valence-corrected chi connectivity index (χ2v) is 4.02. The van der Waals surface area contributed by atoms with Crippen molar-refractivity contribution in [3.05, 3.63) is 23.9 Å². The van der Waals surface area contributed by atoms with Crippen LogP contribution in [0.25, 0.3) is 0 Å². The summed E-state index contributed by atoms with van der Waals surface area (Å²) in [5.74, 6) is -0.476. The van der Waals surface area contributed by atoms with Crippen LogP contribution < -0.4 is 5.59 Å². The van der Waals surface area contributed by atoms with Crippen molar-refractivity contribution >= 4 is 13.4 Å². The molecule has 0 N–H and O–H groups in total. The number of nitrogens with zero attached hydrogens (tertiary/aromatic N) is 1. The summed E-state index contributed by atoms with van der Waals surface area (Å²) in [4.78, 5) is 4.42. The number of aromatic nitrogens is 1. The molecule has 4 heteroatoms. The SMILES string of the molecule is Bc1cccc(C2COC(C)(C)O2)n1. The molecule has 0 radical (unpaired) electrons. The van der Waals surface area contributed by atoms with Gasteiger partial charge >= 0.3 is 0 Å². The van der Waals surface area contributed by atoms with Crippen LogP contribution in [0.1, 0.15) is 25.6 Å². The van der Waals surface area contributed by atoms with E-state index in [0.29, 0.717) is 6.61 Å². The zero-order chi connectivity index (χ0) is 10.2. The molecule has 3 nitrogen and oxygen atoms in total. The molecule has 1 aliphatic heterocycles. The normalized spacial score (nSPS) is 25.1. The maximum atomic E-state index is 5.71. The van der Waals surface area contributed by atoms with Gasteiger partial charge in [-0.2, -0.15) is 0 Å². The van der Waals surface area contributed by atoms with E-state index >= 15 is 0 Å². The second kappa shape index (κ2) is 3.37. The quantitative estimate of drug-likeness (QED) is 0.592. The third kappa shape index (κ3) is 1.96. The van der Waals surface area contributed by atoms with Crippen molar-refractivity contribution < 1.29 is 9.47 Å². The number of hydrogen-bond donors (Lipinski definition) is 0. The van der Waals surface area contributed by atoms with E-state index in [1.807, 2.05) is 39.9 Å². The fourth-order valence-electron chi connectivity index (χ4n) is 1.58. The highest BCUT2D eigenvalue weighted by Gasteiger charge is 2.34. The van der Waals surface area contributed by atoms with Gasteiger partial charge in [-0.25, -0.2) is 0 Å². The molecule has 2 rings (SSSR count). The number of pyridine rings is 1. The number of rotatable bonds is 1. The minimum absolute atomic E-state index is 0.0232. The minimum atomic E-state index is -0.476. The van der Waals surface area contributed by atoms with Gasteiger partial charge in [0.15, 0.2) is 13.6 Å². The molecule has 1 saturated heterocycles. The van der Waals surface area contributed by atoms with Gasteiger partial charge < -0.3 is 9.47 Å². The summed E-state index contributed by atoms with van der Waals surface area (Å²) >= 11 is 0. The molecule has 1 aromatic heterocycles. The Bertz CT molecular complexity index is 341. The van der Waals surface area contributed by atoms with Crippen LogP contribution in [0.5, 0.6) is 0 Å². The van der Waals surface area contributed by atoms with Crippen LogP contribution in [-0.2, 0) is 9.47 Å². The van der Waals surface area contributed by atoms with E-state index in [-0.39, 0.29) is 6.10 Å². The Morgan fingerprint density at radius 3 is 2.86 bits per heavy atom. The van der Waals surface area contributed by atoms with Crippen molar-refractivity contribution in [1.82, 2.24) is 4.98 Å². The lowest BCUT2D eigenvalue weighted by Crippen LogP contribution is -2.20. The summed E-state index contributed by atoms with van der Waals surface area (Å²) in [6, 6.07) is 5.94. The third-order valence-corrected chi connectivity index (χ3v) is 2.25. The molecule has 1 unspecified atom stereocenters.